The fourth-order valence-electron chi connectivity index (χ4n) is 2.12. The van der Waals surface area contributed by atoms with Crippen LogP contribution in [0.1, 0.15) is 39.0 Å². The molecule has 20 heavy (non-hydrogen) atoms. The van der Waals surface area contributed by atoms with Crippen LogP contribution in [0.25, 0.3) is 0 Å². The Bertz CT molecular complexity index is 435. The van der Waals surface area contributed by atoms with E-state index in [1.807, 2.05) is 6.92 Å². The number of carbonyl (C=O) groups excluding carboxylic acids is 1. The maximum absolute atomic E-state index is 11.7. The number of carboxylic acids is 1. The predicted octanol–water partition coefficient (Wildman–Crippen LogP) is 0.506. The van der Waals surface area contributed by atoms with E-state index in [0.717, 1.165) is 0 Å². The van der Waals surface area contributed by atoms with Gasteiger partial charge in [-0.2, -0.15) is 0 Å². The first-order valence-corrected chi connectivity index (χ1v) is 8.60. The number of urea groups is 1. The SMILES string of the molecule is CC(CCCC(=O)O)NC(=O)NC1CCS(=O)(=O)CC1. The summed E-state index contributed by atoms with van der Waals surface area (Å²) in [6, 6.07) is -0.538. The standard InChI is InChI=1S/C12H22N2O5S/c1-9(3-2-4-11(15)16)13-12(17)14-10-5-7-20(18,19)8-6-10/h9-10H,2-8H2,1H3,(H,15,16)(H2,13,14,17). The van der Waals surface area contributed by atoms with Crippen LogP contribution in [-0.2, 0) is 14.6 Å². The highest BCUT2D eigenvalue weighted by Crippen LogP contribution is 2.12. The van der Waals surface area contributed by atoms with Gasteiger partial charge in [0.1, 0.15) is 9.84 Å². The second kappa shape index (κ2) is 7.47. The molecule has 0 bridgehead atoms. The van der Waals surface area contributed by atoms with Crippen molar-refractivity contribution in [1.82, 2.24) is 10.6 Å². The average molecular weight is 306 g/mol. The monoisotopic (exact) mass is 306 g/mol. The molecule has 0 spiro atoms. The minimum Gasteiger partial charge on any atom is -0.481 e. The number of hydrogen-bond donors (Lipinski definition) is 3. The van der Waals surface area contributed by atoms with Crippen molar-refractivity contribution in [2.45, 2.75) is 51.1 Å². The first-order chi connectivity index (χ1) is 9.28. The van der Waals surface area contributed by atoms with E-state index in [4.69, 9.17) is 5.11 Å². The Morgan fingerprint density at radius 1 is 1.30 bits per heavy atom. The number of rotatable bonds is 6. The van der Waals surface area contributed by atoms with E-state index >= 15 is 0 Å². The zero-order valence-electron chi connectivity index (χ0n) is 11.6. The molecule has 1 fully saturated rings. The molecule has 1 aliphatic heterocycles. The molecule has 0 aromatic rings. The van der Waals surface area contributed by atoms with Crippen molar-refractivity contribution in [3.63, 3.8) is 0 Å². The third-order valence-corrected chi connectivity index (χ3v) is 5.01. The van der Waals surface area contributed by atoms with Gasteiger partial charge in [0.15, 0.2) is 0 Å². The Labute approximate surface area is 119 Å². The van der Waals surface area contributed by atoms with Crippen molar-refractivity contribution in [3.8, 4) is 0 Å². The molecular formula is C12H22N2O5S. The summed E-state index contributed by atoms with van der Waals surface area (Å²) >= 11 is 0. The van der Waals surface area contributed by atoms with Crippen LogP contribution in [0.5, 0.6) is 0 Å². The summed E-state index contributed by atoms with van der Waals surface area (Å²) in [5, 5.41) is 14.0. The van der Waals surface area contributed by atoms with Crippen LogP contribution in [-0.4, -0.2) is 49.1 Å². The largest absolute Gasteiger partial charge is 0.481 e. The van der Waals surface area contributed by atoms with E-state index in [2.05, 4.69) is 10.6 Å². The normalized spacial score (nSPS) is 20.1. The first-order valence-electron chi connectivity index (χ1n) is 6.78. The lowest BCUT2D eigenvalue weighted by Crippen LogP contribution is -2.47. The number of carboxylic acid groups (broad SMARTS) is 1. The number of sulfone groups is 1. The van der Waals surface area contributed by atoms with Crippen LogP contribution in [0.4, 0.5) is 4.79 Å². The van der Waals surface area contributed by atoms with Gasteiger partial charge in [-0.15, -0.1) is 0 Å². The fraction of sp³-hybridized carbons (Fsp3) is 0.833. The van der Waals surface area contributed by atoms with Crippen molar-refractivity contribution >= 4 is 21.8 Å². The fourth-order valence-corrected chi connectivity index (χ4v) is 3.61. The Balaban J connectivity index is 2.21. The van der Waals surface area contributed by atoms with E-state index in [0.29, 0.717) is 25.7 Å². The molecule has 1 atom stereocenters. The molecule has 116 valence electrons. The molecule has 0 aromatic carbocycles. The Hall–Kier alpha value is -1.31. The quantitative estimate of drug-likeness (QED) is 0.661. The number of aliphatic carboxylic acids is 1. The molecule has 0 radical (unpaired) electrons. The van der Waals surface area contributed by atoms with Crippen molar-refractivity contribution in [3.05, 3.63) is 0 Å². The summed E-state index contributed by atoms with van der Waals surface area (Å²) in [5.74, 6) is -0.608. The van der Waals surface area contributed by atoms with Crippen LogP contribution >= 0.6 is 0 Å². The third-order valence-electron chi connectivity index (χ3n) is 3.30. The van der Waals surface area contributed by atoms with E-state index < -0.39 is 15.8 Å². The molecule has 1 saturated heterocycles. The molecule has 1 rings (SSSR count). The lowest BCUT2D eigenvalue weighted by Gasteiger charge is -2.24. The molecule has 7 nitrogen and oxygen atoms in total. The predicted molar refractivity (Wildman–Crippen MR) is 74.3 cm³/mol. The molecular weight excluding hydrogens is 284 g/mol. The van der Waals surface area contributed by atoms with Gasteiger partial charge >= 0.3 is 12.0 Å². The van der Waals surface area contributed by atoms with E-state index in [1.54, 1.807) is 0 Å². The lowest BCUT2D eigenvalue weighted by atomic mass is 10.1. The molecule has 1 heterocycles. The van der Waals surface area contributed by atoms with Gasteiger partial charge in [0, 0.05) is 18.5 Å². The molecule has 2 amide bonds. The highest BCUT2D eigenvalue weighted by Gasteiger charge is 2.24. The number of carbonyl (C=O) groups is 2. The maximum atomic E-state index is 11.7. The van der Waals surface area contributed by atoms with Crippen molar-refractivity contribution < 1.29 is 23.1 Å². The summed E-state index contributed by atoms with van der Waals surface area (Å²) in [4.78, 5) is 22.1. The third kappa shape index (κ3) is 6.74. The Kier molecular flexibility index (Phi) is 6.25. The summed E-state index contributed by atoms with van der Waals surface area (Å²) in [6.45, 7) is 1.81. The van der Waals surface area contributed by atoms with Gasteiger partial charge in [0.05, 0.1) is 11.5 Å². The Morgan fingerprint density at radius 3 is 2.45 bits per heavy atom. The lowest BCUT2D eigenvalue weighted by molar-refractivity contribution is -0.137. The summed E-state index contributed by atoms with van der Waals surface area (Å²) in [6.07, 6.45) is 2.09. The van der Waals surface area contributed by atoms with E-state index in [-0.39, 0.29) is 36.0 Å². The second-order valence-electron chi connectivity index (χ2n) is 5.23. The van der Waals surface area contributed by atoms with Crippen LogP contribution in [0.2, 0.25) is 0 Å². The van der Waals surface area contributed by atoms with Gasteiger partial charge in [-0.1, -0.05) is 0 Å². The van der Waals surface area contributed by atoms with Crippen molar-refractivity contribution in [2.75, 3.05) is 11.5 Å². The highest BCUT2D eigenvalue weighted by molar-refractivity contribution is 7.91. The van der Waals surface area contributed by atoms with Gasteiger partial charge in [-0.05, 0) is 32.6 Å². The van der Waals surface area contributed by atoms with Crippen LogP contribution in [0.3, 0.4) is 0 Å². The van der Waals surface area contributed by atoms with Crippen LogP contribution in [0, 0.1) is 0 Å². The zero-order chi connectivity index (χ0) is 15.2. The van der Waals surface area contributed by atoms with Gasteiger partial charge in [-0.25, -0.2) is 13.2 Å². The van der Waals surface area contributed by atoms with Crippen LogP contribution in [0.15, 0.2) is 0 Å². The van der Waals surface area contributed by atoms with Crippen molar-refractivity contribution in [2.24, 2.45) is 0 Å². The van der Waals surface area contributed by atoms with Crippen LogP contribution < -0.4 is 10.6 Å². The number of hydrogen-bond acceptors (Lipinski definition) is 4. The second-order valence-corrected chi connectivity index (χ2v) is 7.53. The van der Waals surface area contributed by atoms with Gasteiger partial charge < -0.3 is 15.7 Å². The van der Waals surface area contributed by atoms with Gasteiger partial charge in [-0.3, -0.25) is 4.79 Å². The first kappa shape index (κ1) is 16.7. The summed E-state index contributed by atoms with van der Waals surface area (Å²) in [5.41, 5.74) is 0. The summed E-state index contributed by atoms with van der Waals surface area (Å²) in [7, 11) is -2.92. The smallest absolute Gasteiger partial charge is 0.315 e. The minimum absolute atomic E-state index is 0.0914. The van der Waals surface area contributed by atoms with E-state index in [1.165, 1.54) is 0 Å². The number of nitrogens with one attached hydrogen (secondary N) is 2. The van der Waals surface area contributed by atoms with Crippen molar-refractivity contribution in [1.29, 1.82) is 0 Å². The van der Waals surface area contributed by atoms with E-state index in [9.17, 15) is 18.0 Å². The molecule has 3 N–H and O–H groups in total. The van der Waals surface area contributed by atoms with Gasteiger partial charge in [0.2, 0.25) is 0 Å². The number of amides is 2. The maximum Gasteiger partial charge on any atom is 0.315 e. The molecule has 1 unspecified atom stereocenters. The van der Waals surface area contributed by atoms with Gasteiger partial charge in [0.25, 0.3) is 0 Å². The highest BCUT2D eigenvalue weighted by atomic mass is 32.2. The molecule has 0 aromatic heterocycles. The summed E-state index contributed by atoms with van der Waals surface area (Å²) < 4.78 is 22.5. The topological polar surface area (TPSA) is 113 Å². The molecule has 0 saturated carbocycles. The molecule has 1 aliphatic rings. The molecule has 0 aliphatic carbocycles. The molecule has 8 heteroatoms. The average Bonchev–Trinajstić information content (AvgIpc) is 2.31. The minimum atomic E-state index is -2.92. The Morgan fingerprint density at radius 2 is 1.90 bits per heavy atom. The zero-order valence-corrected chi connectivity index (χ0v) is 12.4.